The minimum atomic E-state index is -1.80. The molecule has 2 aliphatic carbocycles. The Morgan fingerprint density at radius 2 is 1.88 bits per heavy atom. The summed E-state index contributed by atoms with van der Waals surface area (Å²) in [6, 6.07) is 3.18. The van der Waals surface area contributed by atoms with Crippen LogP contribution in [0.2, 0.25) is 0 Å². The van der Waals surface area contributed by atoms with Crippen molar-refractivity contribution in [1.29, 1.82) is 0 Å². The van der Waals surface area contributed by atoms with Gasteiger partial charge in [-0.2, -0.15) is 0 Å². The Bertz CT molecular complexity index is 1360. The summed E-state index contributed by atoms with van der Waals surface area (Å²) in [5.74, 6) is -3.36. The quantitative estimate of drug-likeness (QED) is 0.263. The van der Waals surface area contributed by atoms with Crippen molar-refractivity contribution in [3.63, 3.8) is 0 Å². The van der Waals surface area contributed by atoms with E-state index in [4.69, 9.17) is 18.9 Å². The molecule has 1 aromatic heterocycles. The average molecular weight is 596 g/mol. The van der Waals surface area contributed by atoms with Gasteiger partial charge in [-0.15, -0.1) is 0 Å². The highest BCUT2D eigenvalue weighted by Crippen LogP contribution is 2.63. The molecule has 1 aromatic rings. The molecule has 7 atom stereocenters. The van der Waals surface area contributed by atoms with E-state index in [1.54, 1.807) is 39.0 Å². The Morgan fingerprint density at radius 3 is 2.47 bits per heavy atom. The van der Waals surface area contributed by atoms with Crippen LogP contribution < -0.4 is 0 Å². The Hall–Kier alpha value is -3.79. The van der Waals surface area contributed by atoms with E-state index in [0.29, 0.717) is 12.0 Å². The number of rotatable bonds is 8. The lowest BCUT2D eigenvalue weighted by molar-refractivity contribution is -0.263. The third-order valence-electron chi connectivity index (χ3n) is 9.55. The van der Waals surface area contributed by atoms with Gasteiger partial charge in [-0.25, -0.2) is 14.4 Å². The molecule has 4 rings (SSSR count). The smallest absolute Gasteiger partial charge is 0.348 e. The van der Waals surface area contributed by atoms with Crippen LogP contribution in [0.4, 0.5) is 0 Å². The fraction of sp³-hybridized carbons (Fsp3) is 0.545. The van der Waals surface area contributed by atoms with E-state index in [1.165, 1.54) is 25.4 Å². The summed E-state index contributed by atoms with van der Waals surface area (Å²) in [6.07, 6.45) is 7.60. The first-order valence-electron chi connectivity index (χ1n) is 14.6. The van der Waals surface area contributed by atoms with E-state index in [2.05, 4.69) is 11.1 Å². The van der Waals surface area contributed by atoms with Crippen LogP contribution >= 0.6 is 0 Å². The third-order valence-corrected chi connectivity index (χ3v) is 9.55. The zero-order valence-corrected chi connectivity index (χ0v) is 25.8. The van der Waals surface area contributed by atoms with Gasteiger partial charge in [-0.1, -0.05) is 51.5 Å². The highest BCUT2D eigenvalue weighted by molar-refractivity contribution is 5.89. The van der Waals surface area contributed by atoms with Crippen molar-refractivity contribution in [1.82, 2.24) is 4.98 Å². The Labute approximate surface area is 252 Å². The molecule has 10 nitrogen and oxygen atoms in total. The first kappa shape index (κ1) is 32.1. The number of fused-ring (bicyclic) bond motifs is 1. The normalized spacial score (nSPS) is 32.8. The predicted molar refractivity (Wildman–Crippen MR) is 155 cm³/mol. The Kier molecular flexibility index (Phi) is 9.02. The number of allylic oxidation sites excluding steroid dienone is 1. The van der Waals surface area contributed by atoms with Crippen LogP contribution in [-0.2, 0) is 33.3 Å². The lowest BCUT2D eigenvalue weighted by Gasteiger charge is -2.64. The number of aliphatic hydroxyl groups is 1. The minimum Gasteiger partial charge on any atom is -0.458 e. The monoisotopic (exact) mass is 595 g/mol. The maximum absolute atomic E-state index is 13.7. The molecule has 0 radical (unpaired) electrons. The minimum absolute atomic E-state index is 0.108. The predicted octanol–water partition coefficient (Wildman–Crippen LogP) is 4.28. The maximum Gasteiger partial charge on any atom is 0.348 e. The fourth-order valence-corrected chi connectivity index (χ4v) is 6.78. The first-order valence-corrected chi connectivity index (χ1v) is 14.6. The molecule has 0 spiro atoms. The molecule has 2 heterocycles. The molecule has 1 aliphatic heterocycles. The van der Waals surface area contributed by atoms with Crippen molar-refractivity contribution in [2.24, 2.45) is 22.7 Å². The van der Waals surface area contributed by atoms with Crippen molar-refractivity contribution in [2.75, 3.05) is 6.61 Å². The molecule has 10 heteroatoms. The summed E-state index contributed by atoms with van der Waals surface area (Å²) in [7, 11) is 0. The molecule has 1 saturated carbocycles. The maximum atomic E-state index is 13.7. The second-order valence-corrected chi connectivity index (χ2v) is 12.6. The van der Waals surface area contributed by atoms with Crippen molar-refractivity contribution in [3.8, 4) is 0 Å². The van der Waals surface area contributed by atoms with Crippen molar-refractivity contribution in [3.05, 3.63) is 65.5 Å². The van der Waals surface area contributed by atoms with Gasteiger partial charge in [0.15, 0.2) is 12.2 Å². The lowest BCUT2D eigenvalue weighted by Crippen LogP contribution is -2.72. The first-order chi connectivity index (χ1) is 20.1. The van der Waals surface area contributed by atoms with Crippen LogP contribution in [-0.4, -0.2) is 64.5 Å². The van der Waals surface area contributed by atoms with E-state index in [0.717, 1.165) is 12.0 Å². The number of pyridine rings is 1. The highest BCUT2D eigenvalue weighted by atomic mass is 16.6. The van der Waals surface area contributed by atoms with Crippen molar-refractivity contribution in [2.45, 2.75) is 85.2 Å². The number of ether oxygens (including phenoxy) is 4. The topological polar surface area (TPSA) is 138 Å². The molecule has 0 amide bonds. The Balaban J connectivity index is 1.87. The van der Waals surface area contributed by atoms with Gasteiger partial charge in [0.05, 0.1) is 5.56 Å². The van der Waals surface area contributed by atoms with E-state index in [1.807, 2.05) is 26.8 Å². The number of carbonyl (C=O) groups excluding carboxylic acids is 4. The molecule has 1 fully saturated rings. The van der Waals surface area contributed by atoms with Gasteiger partial charge in [0.1, 0.15) is 12.2 Å². The molecular formula is C33H41NO9. The Morgan fingerprint density at radius 1 is 1.16 bits per heavy atom. The summed E-state index contributed by atoms with van der Waals surface area (Å²) >= 11 is 0. The second kappa shape index (κ2) is 12.1. The standard InChI is InChI=1S/C33H41NO9/c1-19(2)26(41-21(4)35)30(38)43-28-27(42-29(37)23-11-9-15-34-17-23)32(6)20(3)10-8-12-24(32)31(5,33(28,7)39)14-13-22-16-25(36)40-18-22/h9-11,13-17,19,24,26-28,39H,8,12,18H2,1-7H3/b14-13+/t24-,26?,27+,28+,31-,32+,33+/m1/s1. The molecule has 0 bridgehead atoms. The molecule has 0 aromatic carbocycles. The summed E-state index contributed by atoms with van der Waals surface area (Å²) in [4.78, 5) is 54.8. The van der Waals surface area contributed by atoms with Crippen molar-refractivity contribution >= 4 is 23.9 Å². The summed E-state index contributed by atoms with van der Waals surface area (Å²) in [6.45, 7) is 12.1. The summed E-state index contributed by atoms with van der Waals surface area (Å²) in [5.41, 5.74) is -1.99. The van der Waals surface area contributed by atoms with Crippen LogP contribution in [0.15, 0.2) is 60.0 Å². The number of carbonyl (C=O) groups is 4. The number of hydrogen-bond acceptors (Lipinski definition) is 10. The molecular weight excluding hydrogens is 554 g/mol. The average Bonchev–Trinajstić information content (AvgIpc) is 3.37. The molecule has 3 aliphatic rings. The van der Waals surface area contributed by atoms with Crippen molar-refractivity contribution < 1.29 is 43.2 Å². The largest absolute Gasteiger partial charge is 0.458 e. The van der Waals surface area contributed by atoms with Gasteiger partial charge in [0.25, 0.3) is 0 Å². The zero-order valence-electron chi connectivity index (χ0n) is 25.8. The van der Waals surface area contributed by atoms with E-state index >= 15 is 0 Å². The number of hydrogen-bond donors (Lipinski definition) is 1. The third kappa shape index (κ3) is 5.89. The van der Waals surface area contributed by atoms with Crippen LogP contribution in [0.3, 0.4) is 0 Å². The van der Waals surface area contributed by atoms with Crippen LogP contribution in [0.5, 0.6) is 0 Å². The van der Waals surface area contributed by atoms with Gasteiger partial charge in [-0.3, -0.25) is 9.78 Å². The highest BCUT2D eigenvalue weighted by Gasteiger charge is 2.69. The van der Waals surface area contributed by atoms with Crippen LogP contribution in [0.25, 0.3) is 0 Å². The van der Waals surface area contributed by atoms with Gasteiger partial charge in [0, 0.05) is 42.1 Å². The summed E-state index contributed by atoms with van der Waals surface area (Å²) < 4.78 is 22.7. The number of aromatic nitrogens is 1. The van der Waals surface area contributed by atoms with Gasteiger partial charge < -0.3 is 24.1 Å². The molecule has 0 saturated heterocycles. The van der Waals surface area contributed by atoms with E-state index < -0.39 is 64.5 Å². The van der Waals surface area contributed by atoms with Crippen LogP contribution in [0, 0.1) is 22.7 Å². The number of cyclic esters (lactones) is 1. The van der Waals surface area contributed by atoms with Gasteiger partial charge in [-0.05, 0) is 50.3 Å². The van der Waals surface area contributed by atoms with E-state index in [9.17, 15) is 24.3 Å². The number of nitrogens with zero attached hydrogens (tertiary/aromatic N) is 1. The molecule has 1 N–H and O–H groups in total. The van der Waals surface area contributed by atoms with Gasteiger partial charge >= 0.3 is 23.9 Å². The SMILES string of the molecule is CC(=O)OC(C(=O)O[C@H]1[C@H](OC(=O)c2cccnc2)[C@@]2(C)C(C)=CCC[C@@H]2[C@@](C)(/C=C/C2=CC(=O)OC2)[C@@]1(C)O)C(C)C. The van der Waals surface area contributed by atoms with Crippen LogP contribution in [0.1, 0.15) is 71.7 Å². The summed E-state index contributed by atoms with van der Waals surface area (Å²) in [5, 5.41) is 12.5. The van der Waals surface area contributed by atoms with Gasteiger partial charge in [0.2, 0.25) is 6.10 Å². The molecule has 232 valence electrons. The zero-order chi connectivity index (χ0) is 31.7. The fourth-order valence-electron chi connectivity index (χ4n) is 6.78. The second-order valence-electron chi connectivity index (χ2n) is 12.6. The van der Waals surface area contributed by atoms with E-state index in [-0.39, 0.29) is 18.1 Å². The molecule has 1 unspecified atom stereocenters. The molecule has 43 heavy (non-hydrogen) atoms. The lowest BCUT2D eigenvalue weighted by atomic mass is 9.44. The number of esters is 4.